The van der Waals surface area contributed by atoms with Gasteiger partial charge in [-0.15, -0.1) is 0 Å². The van der Waals surface area contributed by atoms with Crippen LogP contribution in [0.1, 0.15) is 39.5 Å². The van der Waals surface area contributed by atoms with E-state index in [1.54, 1.807) is 43.3 Å². The van der Waals surface area contributed by atoms with Crippen LogP contribution in [0.4, 0.5) is 0 Å². The Labute approximate surface area is 198 Å². The first-order chi connectivity index (χ1) is 14.9. The minimum absolute atomic E-state index is 0.301. The molecule has 0 fully saturated rings. The summed E-state index contributed by atoms with van der Waals surface area (Å²) in [6, 6.07) is 20.2. The highest BCUT2D eigenvalue weighted by Crippen LogP contribution is 2.35. The van der Waals surface area contributed by atoms with Crippen LogP contribution in [0.5, 0.6) is 5.75 Å². The molecule has 1 N–H and O–H groups in total. The van der Waals surface area contributed by atoms with Gasteiger partial charge in [0.2, 0.25) is 0 Å². The molecule has 0 heterocycles. The minimum atomic E-state index is -0.301. The molecule has 3 aromatic rings. The van der Waals surface area contributed by atoms with Gasteiger partial charge >= 0.3 is 0 Å². The summed E-state index contributed by atoms with van der Waals surface area (Å²) in [5.41, 5.74) is 7.18. The average molecular weight is 541 g/mol. The van der Waals surface area contributed by atoms with Crippen LogP contribution < -0.4 is 10.2 Å². The van der Waals surface area contributed by atoms with Crippen LogP contribution in [-0.4, -0.2) is 11.6 Å². The van der Waals surface area contributed by atoms with Crippen molar-refractivity contribution in [1.82, 2.24) is 5.43 Å². The van der Waals surface area contributed by atoms with Crippen molar-refractivity contribution < 1.29 is 9.53 Å². The van der Waals surface area contributed by atoms with Gasteiger partial charge in [0.15, 0.2) is 0 Å². The lowest BCUT2D eigenvalue weighted by molar-refractivity contribution is 0.0955. The van der Waals surface area contributed by atoms with Crippen LogP contribution in [-0.2, 0) is 6.61 Å². The Morgan fingerprint density at radius 1 is 1.03 bits per heavy atom. The van der Waals surface area contributed by atoms with Gasteiger partial charge in [-0.25, -0.2) is 5.43 Å². The van der Waals surface area contributed by atoms with Gasteiger partial charge < -0.3 is 4.74 Å². The molecule has 0 atom stereocenters. The first-order valence-corrected chi connectivity index (χ1v) is 11.0. The molecule has 5 nitrogen and oxygen atoms in total. The van der Waals surface area contributed by atoms with Crippen molar-refractivity contribution in [3.05, 3.63) is 97.4 Å². The molecule has 0 bridgehead atoms. The smallest absolute Gasteiger partial charge is 0.271 e. The molecule has 31 heavy (non-hydrogen) atoms. The normalized spacial score (nSPS) is 11.0. The number of nitriles is 1. The number of nitrogens with zero attached hydrogens (tertiary/aromatic N) is 2. The highest BCUT2D eigenvalue weighted by Gasteiger charge is 2.09. The Hall–Kier alpha value is -2.95. The number of hydrazone groups is 1. The van der Waals surface area contributed by atoms with Gasteiger partial charge in [0, 0.05) is 5.56 Å². The van der Waals surface area contributed by atoms with Crippen molar-refractivity contribution in [2.24, 2.45) is 5.10 Å². The summed E-state index contributed by atoms with van der Waals surface area (Å²) in [5, 5.41) is 13.0. The van der Waals surface area contributed by atoms with Crippen LogP contribution in [0.25, 0.3) is 0 Å². The summed E-state index contributed by atoms with van der Waals surface area (Å²) in [4.78, 5) is 12.4. The van der Waals surface area contributed by atoms with Crippen molar-refractivity contribution in [3.63, 3.8) is 0 Å². The van der Waals surface area contributed by atoms with E-state index < -0.39 is 0 Å². The number of hydrogen-bond donors (Lipinski definition) is 1. The summed E-state index contributed by atoms with van der Waals surface area (Å²) < 4.78 is 7.68. The standard InChI is InChI=1S/C24H19Br2N3O2/c1-15-11-21(25)23(22(26)12-15)31-14-18-5-9-20(10-6-18)24(30)29-28-16(2)19-7-3-17(13-27)4-8-19/h3-12H,14H2,1-2H3,(H,29,30)/b28-16-. The van der Waals surface area contributed by atoms with E-state index in [0.717, 1.165) is 31.4 Å². The summed E-state index contributed by atoms with van der Waals surface area (Å²) in [6.07, 6.45) is 0. The maximum atomic E-state index is 12.4. The number of amides is 1. The van der Waals surface area contributed by atoms with Gasteiger partial charge in [-0.1, -0.05) is 24.3 Å². The number of carbonyl (C=O) groups excluding carboxylic acids is 1. The third-order valence-corrected chi connectivity index (χ3v) is 5.68. The van der Waals surface area contributed by atoms with Crippen molar-refractivity contribution in [3.8, 4) is 11.8 Å². The Kier molecular flexibility index (Phi) is 7.61. The summed E-state index contributed by atoms with van der Waals surface area (Å²) in [5.74, 6) is 0.435. The summed E-state index contributed by atoms with van der Waals surface area (Å²) in [6.45, 7) is 4.18. The molecular weight excluding hydrogens is 522 g/mol. The van der Waals surface area contributed by atoms with E-state index in [1.807, 2.05) is 31.2 Å². The number of halogens is 2. The zero-order valence-corrected chi connectivity index (χ0v) is 20.1. The molecule has 3 rings (SSSR count). The number of ether oxygens (including phenoxy) is 1. The molecule has 7 heteroatoms. The second-order valence-corrected chi connectivity index (χ2v) is 8.58. The van der Waals surface area contributed by atoms with Gasteiger partial charge in [-0.05, 0) is 98.8 Å². The average Bonchev–Trinajstić information content (AvgIpc) is 2.77. The van der Waals surface area contributed by atoms with E-state index in [2.05, 4.69) is 48.5 Å². The number of hydrogen-bond acceptors (Lipinski definition) is 4. The molecule has 0 aliphatic carbocycles. The number of rotatable bonds is 6. The van der Waals surface area contributed by atoms with Crippen LogP contribution in [0, 0.1) is 18.3 Å². The Morgan fingerprint density at radius 3 is 2.19 bits per heavy atom. The van der Waals surface area contributed by atoms with E-state index in [9.17, 15) is 4.79 Å². The van der Waals surface area contributed by atoms with Crippen molar-refractivity contribution in [1.29, 1.82) is 5.26 Å². The topological polar surface area (TPSA) is 74.5 Å². The predicted molar refractivity (Wildman–Crippen MR) is 128 cm³/mol. The van der Waals surface area contributed by atoms with Crippen LogP contribution in [0.3, 0.4) is 0 Å². The van der Waals surface area contributed by atoms with Crippen LogP contribution >= 0.6 is 31.9 Å². The zero-order chi connectivity index (χ0) is 22.4. The fourth-order valence-corrected chi connectivity index (χ4v) is 4.43. The Bertz CT molecular complexity index is 1140. The quantitative estimate of drug-likeness (QED) is 0.302. The van der Waals surface area contributed by atoms with Gasteiger partial charge in [-0.2, -0.15) is 10.4 Å². The lowest BCUT2D eigenvalue weighted by atomic mass is 10.1. The number of benzene rings is 3. The maximum Gasteiger partial charge on any atom is 0.271 e. The number of carbonyl (C=O) groups is 1. The second-order valence-electron chi connectivity index (χ2n) is 6.87. The summed E-state index contributed by atoms with van der Waals surface area (Å²) >= 11 is 7.04. The van der Waals surface area contributed by atoms with Crippen molar-refractivity contribution in [2.75, 3.05) is 0 Å². The second kappa shape index (κ2) is 10.4. The Balaban J connectivity index is 1.60. The fraction of sp³-hybridized carbons (Fsp3) is 0.125. The fourth-order valence-electron chi connectivity index (χ4n) is 2.78. The van der Waals surface area contributed by atoms with Gasteiger partial charge in [0.05, 0.1) is 26.3 Å². The molecule has 1 amide bonds. The zero-order valence-electron chi connectivity index (χ0n) is 16.9. The minimum Gasteiger partial charge on any atom is -0.487 e. The molecule has 156 valence electrons. The van der Waals surface area contributed by atoms with Gasteiger partial charge in [0.1, 0.15) is 12.4 Å². The summed E-state index contributed by atoms with van der Waals surface area (Å²) in [7, 11) is 0. The van der Waals surface area contributed by atoms with E-state index in [-0.39, 0.29) is 5.91 Å². The highest BCUT2D eigenvalue weighted by molar-refractivity contribution is 9.11. The molecule has 0 radical (unpaired) electrons. The monoisotopic (exact) mass is 539 g/mol. The maximum absolute atomic E-state index is 12.4. The lowest BCUT2D eigenvalue weighted by Gasteiger charge is -2.11. The third kappa shape index (κ3) is 6.03. The molecular formula is C24H19Br2N3O2. The molecule has 0 aromatic heterocycles. The molecule has 0 saturated heterocycles. The highest BCUT2D eigenvalue weighted by atomic mass is 79.9. The van der Waals surface area contributed by atoms with E-state index in [1.165, 1.54) is 0 Å². The molecule has 0 saturated carbocycles. The molecule has 3 aromatic carbocycles. The SMILES string of the molecule is C/C(=N/NC(=O)c1ccc(COc2c(Br)cc(C)cc2Br)cc1)c1ccc(C#N)cc1. The number of aryl methyl sites for hydroxylation is 1. The first kappa shape index (κ1) is 22.7. The van der Waals surface area contributed by atoms with E-state index in [0.29, 0.717) is 23.4 Å². The predicted octanol–water partition coefficient (Wildman–Crippen LogP) is 6.12. The van der Waals surface area contributed by atoms with Crippen molar-refractivity contribution in [2.45, 2.75) is 20.5 Å². The van der Waals surface area contributed by atoms with E-state index >= 15 is 0 Å². The molecule has 0 aliphatic heterocycles. The molecule has 0 spiro atoms. The van der Waals surface area contributed by atoms with Crippen LogP contribution in [0.2, 0.25) is 0 Å². The number of nitrogens with one attached hydrogen (secondary N) is 1. The van der Waals surface area contributed by atoms with Gasteiger partial charge in [-0.3, -0.25) is 4.79 Å². The van der Waals surface area contributed by atoms with Crippen LogP contribution in [0.15, 0.2) is 74.7 Å². The van der Waals surface area contributed by atoms with Crippen molar-refractivity contribution >= 4 is 43.5 Å². The first-order valence-electron chi connectivity index (χ1n) is 9.40. The van der Waals surface area contributed by atoms with Gasteiger partial charge in [0.25, 0.3) is 5.91 Å². The Morgan fingerprint density at radius 2 is 1.61 bits per heavy atom. The largest absolute Gasteiger partial charge is 0.487 e. The molecule has 0 unspecified atom stereocenters. The molecule has 0 aliphatic rings. The van der Waals surface area contributed by atoms with E-state index in [4.69, 9.17) is 10.00 Å². The lowest BCUT2D eigenvalue weighted by Crippen LogP contribution is -2.19. The third-order valence-electron chi connectivity index (χ3n) is 4.50.